The van der Waals surface area contributed by atoms with Gasteiger partial charge in [0.15, 0.2) is 11.5 Å². The summed E-state index contributed by atoms with van der Waals surface area (Å²) < 4.78 is 44.7. The van der Waals surface area contributed by atoms with Crippen molar-refractivity contribution in [1.29, 1.82) is 0 Å². The van der Waals surface area contributed by atoms with Crippen LogP contribution in [0.1, 0.15) is 50.2 Å². The molecule has 0 saturated carbocycles. The molecule has 0 radical (unpaired) electrons. The molecule has 4 aliphatic heterocycles. The van der Waals surface area contributed by atoms with Crippen molar-refractivity contribution in [2.45, 2.75) is 71.7 Å². The zero-order chi connectivity index (χ0) is 28.9. The van der Waals surface area contributed by atoms with E-state index in [0.717, 1.165) is 41.4 Å². The number of hydrogen-bond acceptors (Lipinski definition) is 10. The zero-order valence-electron chi connectivity index (χ0n) is 24.1. The SMILES string of the molecule is CC1(C)OCc2nc(CN3CCN(c4ccc(N5C[C@H](CN)OC5=O)cc4F)CC3)c3c(c2CO1)COC(C)(C)O3. The molecule has 0 unspecified atom stereocenters. The third-order valence-corrected chi connectivity index (χ3v) is 8.02. The van der Waals surface area contributed by atoms with Gasteiger partial charge >= 0.3 is 6.09 Å². The van der Waals surface area contributed by atoms with Gasteiger partial charge in [0.05, 0.1) is 49.1 Å². The van der Waals surface area contributed by atoms with Crippen molar-refractivity contribution in [2.75, 3.05) is 49.1 Å². The van der Waals surface area contributed by atoms with Crippen molar-refractivity contribution in [2.24, 2.45) is 5.73 Å². The van der Waals surface area contributed by atoms with Gasteiger partial charge in [-0.1, -0.05) is 0 Å². The van der Waals surface area contributed by atoms with E-state index in [1.54, 1.807) is 12.1 Å². The number of carbonyl (C=O) groups is 1. The Morgan fingerprint density at radius 2 is 1.71 bits per heavy atom. The molecule has 6 rings (SSSR count). The Hall–Kier alpha value is -3.03. The molecule has 4 aliphatic rings. The van der Waals surface area contributed by atoms with Crippen molar-refractivity contribution in [3.05, 3.63) is 46.5 Å². The maximum absolute atomic E-state index is 15.2. The van der Waals surface area contributed by atoms with Crippen molar-refractivity contribution < 1.29 is 32.9 Å². The predicted octanol–water partition coefficient (Wildman–Crippen LogP) is 3.25. The van der Waals surface area contributed by atoms with Crippen LogP contribution >= 0.6 is 0 Å². The quantitative estimate of drug-likeness (QED) is 0.574. The molecule has 0 spiro atoms. The lowest BCUT2D eigenvalue weighted by atomic mass is 10.0. The van der Waals surface area contributed by atoms with E-state index in [4.69, 9.17) is 34.4 Å². The number of rotatable bonds is 5. The highest BCUT2D eigenvalue weighted by atomic mass is 19.1. The number of ether oxygens (including phenoxy) is 5. The van der Waals surface area contributed by atoms with Gasteiger partial charge in [0.2, 0.25) is 5.79 Å². The highest BCUT2D eigenvalue weighted by Crippen LogP contribution is 2.40. The normalized spacial score (nSPS) is 23.9. The van der Waals surface area contributed by atoms with Crippen LogP contribution < -0.4 is 20.3 Å². The highest BCUT2D eigenvalue weighted by molar-refractivity contribution is 5.90. The Balaban J connectivity index is 1.16. The molecule has 12 heteroatoms. The molecular formula is C29H38FN5O6. The molecule has 2 aromatic rings. The molecule has 0 bridgehead atoms. The number of hydrogen-bond donors (Lipinski definition) is 1. The van der Waals surface area contributed by atoms with Gasteiger partial charge in [-0.25, -0.2) is 14.2 Å². The van der Waals surface area contributed by atoms with E-state index in [1.165, 1.54) is 11.0 Å². The number of anilines is 2. The average Bonchev–Trinajstić information content (AvgIpc) is 3.24. The Kier molecular flexibility index (Phi) is 7.31. The number of fused-ring (bicyclic) bond motifs is 3. The van der Waals surface area contributed by atoms with Gasteiger partial charge in [0.1, 0.15) is 11.9 Å². The van der Waals surface area contributed by atoms with Crippen molar-refractivity contribution in [3.63, 3.8) is 0 Å². The summed E-state index contributed by atoms with van der Waals surface area (Å²) in [4.78, 5) is 22.9. The third kappa shape index (κ3) is 5.71. The number of cyclic esters (lactones) is 1. The molecule has 2 N–H and O–H groups in total. The number of halogens is 1. The van der Waals surface area contributed by atoms with E-state index in [0.29, 0.717) is 57.4 Å². The van der Waals surface area contributed by atoms with Crippen LogP contribution in [0.15, 0.2) is 18.2 Å². The van der Waals surface area contributed by atoms with Crippen LogP contribution in [0.4, 0.5) is 20.6 Å². The third-order valence-electron chi connectivity index (χ3n) is 8.02. The Morgan fingerprint density at radius 3 is 2.41 bits per heavy atom. The van der Waals surface area contributed by atoms with Gasteiger partial charge < -0.3 is 34.3 Å². The van der Waals surface area contributed by atoms with Crippen molar-refractivity contribution in [3.8, 4) is 5.75 Å². The molecule has 222 valence electrons. The van der Waals surface area contributed by atoms with E-state index in [2.05, 4.69) is 4.90 Å². The fourth-order valence-corrected chi connectivity index (χ4v) is 5.62. The van der Waals surface area contributed by atoms with Crippen molar-refractivity contribution >= 4 is 17.5 Å². The number of nitrogens with two attached hydrogens (primary N) is 1. The fourth-order valence-electron chi connectivity index (χ4n) is 5.62. The first-order valence-electron chi connectivity index (χ1n) is 14.1. The molecule has 41 heavy (non-hydrogen) atoms. The maximum Gasteiger partial charge on any atom is 0.414 e. The Labute approximate surface area is 239 Å². The summed E-state index contributed by atoms with van der Waals surface area (Å²) in [6, 6.07) is 4.88. The van der Waals surface area contributed by atoms with Gasteiger partial charge in [-0.15, -0.1) is 0 Å². The Morgan fingerprint density at radius 1 is 1.00 bits per heavy atom. The maximum atomic E-state index is 15.2. The smallest absolute Gasteiger partial charge is 0.414 e. The first kappa shape index (κ1) is 28.1. The van der Waals surface area contributed by atoms with Gasteiger partial charge in [0.25, 0.3) is 0 Å². The minimum Gasteiger partial charge on any atom is -0.461 e. The van der Waals surface area contributed by atoms with Crippen LogP contribution in [0, 0.1) is 5.82 Å². The van der Waals surface area contributed by atoms with E-state index in [1.807, 2.05) is 32.6 Å². The molecule has 1 atom stereocenters. The summed E-state index contributed by atoms with van der Waals surface area (Å²) in [7, 11) is 0. The molecule has 0 aliphatic carbocycles. The topological polar surface area (TPSA) is 112 Å². The lowest BCUT2D eigenvalue weighted by Crippen LogP contribution is -2.46. The second kappa shape index (κ2) is 10.7. The van der Waals surface area contributed by atoms with E-state index in [9.17, 15) is 4.79 Å². The summed E-state index contributed by atoms with van der Waals surface area (Å²) in [5, 5.41) is 0. The van der Waals surface area contributed by atoms with E-state index in [-0.39, 0.29) is 18.5 Å². The van der Waals surface area contributed by atoms with Crippen molar-refractivity contribution in [1.82, 2.24) is 9.88 Å². The summed E-state index contributed by atoms with van der Waals surface area (Å²) >= 11 is 0. The predicted molar refractivity (Wildman–Crippen MR) is 148 cm³/mol. The molecule has 2 fully saturated rings. The van der Waals surface area contributed by atoms with Crippen LogP contribution in [0.25, 0.3) is 0 Å². The van der Waals surface area contributed by atoms with Gasteiger partial charge in [-0.05, 0) is 32.0 Å². The summed E-state index contributed by atoms with van der Waals surface area (Å²) in [6.07, 6.45) is -0.883. The lowest BCUT2D eigenvalue weighted by molar-refractivity contribution is -0.220. The van der Waals surface area contributed by atoms with E-state index < -0.39 is 17.7 Å². The zero-order valence-corrected chi connectivity index (χ0v) is 24.1. The van der Waals surface area contributed by atoms with Gasteiger partial charge in [-0.2, -0.15) is 0 Å². The van der Waals surface area contributed by atoms with Gasteiger partial charge in [-0.3, -0.25) is 9.80 Å². The number of pyridine rings is 1. The molecule has 1 amide bonds. The van der Waals surface area contributed by atoms with Gasteiger partial charge in [0, 0.05) is 64.2 Å². The summed E-state index contributed by atoms with van der Waals surface area (Å²) in [5.41, 5.74) is 10.2. The largest absolute Gasteiger partial charge is 0.461 e. The molecular weight excluding hydrogens is 533 g/mol. The molecule has 1 aromatic heterocycles. The van der Waals surface area contributed by atoms with E-state index >= 15 is 4.39 Å². The number of amides is 1. The Bertz CT molecular complexity index is 1330. The number of piperazine rings is 1. The first-order valence-corrected chi connectivity index (χ1v) is 14.1. The second-order valence-corrected chi connectivity index (χ2v) is 11.8. The minimum absolute atomic E-state index is 0.231. The lowest BCUT2D eigenvalue weighted by Gasteiger charge is -2.38. The molecule has 2 saturated heterocycles. The van der Waals surface area contributed by atoms with Crippen LogP contribution in [0.5, 0.6) is 5.75 Å². The second-order valence-electron chi connectivity index (χ2n) is 11.8. The number of nitrogens with zero attached hydrogens (tertiary/aromatic N) is 4. The summed E-state index contributed by atoms with van der Waals surface area (Å²) in [6.45, 7) is 12.6. The average molecular weight is 572 g/mol. The highest BCUT2D eigenvalue weighted by Gasteiger charge is 2.36. The van der Waals surface area contributed by atoms with Crippen LogP contribution in [0.3, 0.4) is 0 Å². The number of benzene rings is 1. The fraction of sp³-hybridized carbons (Fsp3) is 0.586. The monoisotopic (exact) mass is 571 g/mol. The molecule has 11 nitrogen and oxygen atoms in total. The van der Waals surface area contributed by atoms with Crippen LogP contribution in [-0.4, -0.2) is 72.9 Å². The minimum atomic E-state index is -0.765. The number of aromatic nitrogens is 1. The number of carbonyl (C=O) groups excluding carboxylic acids is 1. The standard InChI is InChI=1S/C29H38FN5O6/c1-28(2)37-15-20-21-16-38-29(3,4)41-26(21)23(32-24(20)17-39-28)14-33-7-9-34(10-8-33)25-6-5-18(11-22(25)30)35-13-19(12-31)40-27(35)36/h5-6,11,19H,7-10,12-17,31H2,1-4H3/t19-/m0/s1. The van der Waals surface area contributed by atoms with Crippen LogP contribution in [-0.2, 0) is 45.3 Å². The molecule has 1 aromatic carbocycles. The first-order chi connectivity index (χ1) is 19.5. The summed E-state index contributed by atoms with van der Waals surface area (Å²) in [5.74, 6) is -1.09. The van der Waals surface area contributed by atoms with Crippen LogP contribution in [0.2, 0.25) is 0 Å². The molecule has 5 heterocycles.